The molecule has 1 rings (SSSR count). The molecule has 1 aromatic carbocycles. The first kappa shape index (κ1) is 16.7. The monoisotopic (exact) mass is 277 g/mol. The number of nitrogens with one attached hydrogen (secondary N) is 1. The smallest absolute Gasteiger partial charge is 0.304 e. The number of unbranched alkanes of at least 4 members (excludes halogenated alkanes) is 1. The van der Waals surface area contributed by atoms with Crippen LogP contribution in [-0.2, 0) is 17.6 Å². The summed E-state index contributed by atoms with van der Waals surface area (Å²) in [6, 6.07) is 8.59. The maximum absolute atomic E-state index is 10.9. The second-order valence-corrected chi connectivity index (χ2v) is 5.37. The Hall–Kier alpha value is -1.35. The van der Waals surface area contributed by atoms with Crippen molar-refractivity contribution in [1.82, 2.24) is 5.32 Å². The lowest BCUT2D eigenvalue weighted by Gasteiger charge is -2.17. The lowest BCUT2D eigenvalue weighted by Crippen LogP contribution is -2.34. The largest absolute Gasteiger partial charge is 0.481 e. The van der Waals surface area contributed by atoms with Crippen LogP contribution >= 0.6 is 0 Å². The van der Waals surface area contributed by atoms with Gasteiger partial charge in [0, 0.05) is 6.04 Å². The van der Waals surface area contributed by atoms with E-state index < -0.39 is 5.97 Å². The second kappa shape index (κ2) is 9.54. The quantitative estimate of drug-likeness (QED) is 0.644. The Morgan fingerprint density at radius 2 is 1.80 bits per heavy atom. The van der Waals surface area contributed by atoms with Crippen LogP contribution in [0.2, 0.25) is 0 Å². The molecule has 1 unspecified atom stereocenters. The Morgan fingerprint density at radius 3 is 2.35 bits per heavy atom. The number of carboxylic acid groups (broad SMARTS) is 1. The van der Waals surface area contributed by atoms with Gasteiger partial charge in [0.25, 0.3) is 0 Å². The van der Waals surface area contributed by atoms with Crippen LogP contribution in [0.3, 0.4) is 0 Å². The molecule has 0 radical (unpaired) electrons. The fourth-order valence-electron chi connectivity index (χ4n) is 2.33. The fourth-order valence-corrected chi connectivity index (χ4v) is 2.33. The topological polar surface area (TPSA) is 49.3 Å². The van der Waals surface area contributed by atoms with Crippen molar-refractivity contribution in [3.8, 4) is 0 Å². The van der Waals surface area contributed by atoms with Crippen molar-refractivity contribution in [2.24, 2.45) is 0 Å². The average Bonchev–Trinajstić information content (AvgIpc) is 2.41. The molecular formula is C17H27NO2. The van der Waals surface area contributed by atoms with Crippen LogP contribution in [0, 0.1) is 0 Å². The zero-order valence-electron chi connectivity index (χ0n) is 12.7. The Labute approximate surface area is 122 Å². The van der Waals surface area contributed by atoms with E-state index in [9.17, 15) is 4.79 Å². The maximum atomic E-state index is 10.9. The van der Waals surface area contributed by atoms with Crippen LogP contribution in [0.5, 0.6) is 0 Å². The number of aliphatic carboxylic acids is 1. The maximum Gasteiger partial charge on any atom is 0.304 e. The van der Waals surface area contributed by atoms with Gasteiger partial charge in [0.15, 0.2) is 0 Å². The first-order chi connectivity index (χ1) is 9.65. The Balaban J connectivity index is 2.55. The molecule has 0 spiro atoms. The summed E-state index contributed by atoms with van der Waals surface area (Å²) in [5.41, 5.74) is 2.56. The van der Waals surface area contributed by atoms with Gasteiger partial charge in [-0.1, -0.05) is 51.0 Å². The first-order valence-corrected chi connectivity index (χ1v) is 7.68. The highest BCUT2D eigenvalue weighted by atomic mass is 16.4. The van der Waals surface area contributed by atoms with Crippen LogP contribution in [-0.4, -0.2) is 23.7 Å². The molecule has 0 saturated heterocycles. The van der Waals surface area contributed by atoms with Crippen molar-refractivity contribution in [2.75, 3.05) is 6.54 Å². The number of aryl methyl sites for hydroxylation is 1. The number of carboxylic acids is 1. The van der Waals surface area contributed by atoms with E-state index in [0.29, 0.717) is 0 Å². The molecule has 1 aromatic rings. The molecule has 0 aliphatic carbocycles. The van der Waals surface area contributed by atoms with Gasteiger partial charge in [-0.25, -0.2) is 0 Å². The summed E-state index contributed by atoms with van der Waals surface area (Å²) in [4.78, 5) is 10.9. The third-order valence-electron chi connectivity index (χ3n) is 3.43. The van der Waals surface area contributed by atoms with Gasteiger partial charge in [0.1, 0.15) is 0 Å². The highest BCUT2D eigenvalue weighted by Gasteiger charge is 2.13. The molecule has 0 saturated carbocycles. The van der Waals surface area contributed by atoms with Gasteiger partial charge in [-0.05, 0) is 36.9 Å². The molecule has 1 atom stereocenters. The molecule has 3 nitrogen and oxygen atoms in total. The second-order valence-electron chi connectivity index (χ2n) is 5.37. The van der Waals surface area contributed by atoms with Crippen molar-refractivity contribution in [3.05, 3.63) is 35.4 Å². The van der Waals surface area contributed by atoms with Gasteiger partial charge in [-0.3, -0.25) is 4.79 Å². The third-order valence-corrected chi connectivity index (χ3v) is 3.43. The molecule has 3 heteroatoms. The molecule has 0 aliphatic heterocycles. The summed E-state index contributed by atoms with van der Waals surface area (Å²) in [7, 11) is 0. The number of benzene rings is 1. The van der Waals surface area contributed by atoms with E-state index in [1.807, 2.05) is 0 Å². The van der Waals surface area contributed by atoms with E-state index in [2.05, 4.69) is 43.4 Å². The van der Waals surface area contributed by atoms with E-state index in [4.69, 9.17) is 5.11 Å². The van der Waals surface area contributed by atoms with Crippen molar-refractivity contribution in [2.45, 2.75) is 58.4 Å². The number of carbonyl (C=O) groups is 1. The van der Waals surface area contributed by atoms with Crippen LogP contribution < -0.4 is 5.32 Å². The third kappa shape index (κ3) is 6.71. The van der Waals surface area contributed by atoms with Gasteiger partial charge < -0.3 is 10.4 Å². The molecule has 0 aliphatic rings. The molecule has 0 bridgehead atoms. The molecule has 112 valence electrons. The van der Waals surface area contributed by atoms with E-state index in [1.165, 1.54) is 11.1 Å². The van der Waals surface area contributed by atoms with Gasteiger partial charge in [0.05, 0.1) is 6.42 Å². The molecule has 0 heterocycles. The molecule has 2 N–H and O–H groups in total. The van der Waals surface area contributed by atoms with Crippen molar-refractivity contribution in [1.29, 1.82) is 0 Å². The van der Waals surface area contributed by atoms with Crippen molar-refractivity contribution >= 4 is 5.97 Å². The summed E-state index contributed by atoms with van der Waals surface area (Å²) >= 11 is 0. The molecule has 20 heavy (non-hydrogen) atoms. The van der Waals surface area contributed by atoms with Gasteiger partial charge in [-0.2, -0.15) is 0 Å². The highest BCUT2D eigenvalue weighted by Crippen LogP contribution is 2.10. The minimum Gasteiger partial charge on any atom is -0.481 e. The summed E-state index contributed by atoms with van der Waals surface area (Å²) in [5, 5.41) is 12.4. The van der Waals surface area contributed by atoms with Crippen LogP contribution in [0.4, 0.5) is 0 Å². The minimum atomic E-state index is -0.735. The fraction of sp³-hybridized carbons (Fsp3) is 0.588. The summed E-state index contributed by atoms with van der Waals surface area (Å²) < 4.78 is 0. The van der Waals surface area contributed by atoms with Crippen LogP contribution in [0.1, 0.15) is 50.7 Å². The van der Waals surface area contributed by atoms with Gasteiger partial charge in [0.2, 0.25) is 0 Å². The Bertz CT molecular complexity index is 386. The minimum absolute atomic E-state index is 0.0241. The highest BCUT2D eigenvalue weighted by molar-refractivity contribution is 5.67. The van der Waals surface area contributed by atoms with E-state index in [0.717, 1.165) is 38.6 Å². The number of rotatable bonds is 10. The predicted molar refractivity (Wildman–Crippen MR) is 83.1 cm³/mol. The number of hydrogen-bond donors (Lipinski definition) is 2. The SMILES string of the molecule is CCCCNC(CC(=O)O)Cc1ccc(CCC)cc1. The lowest BCUT2D eigenvalue weighted by atomic mass is 10.0. The van der Waals surface area contributed by atoms with Gasteiger partial charge in [-0.15, -0.1) is 0 Å². The van der Waals surface area contributed by atoms with E-state index in [-0.39, 0.29) is 12.5 Å². The van der Waals surface area contributed by atoms with Gasteiger partial charge >= 0.3 is 5.97 Å². The molecular weight excluding hydrogens is 250 g/mol. The lowest BCUT2D eigenvalue weighted by molar-refractivity contribution is -0.137. The van der Waals surface area contributed by atoms with E-state index >= 15 is 0 Å². The normalized spacial score (nSPS) is 12.3. The van der Waals surface area contributed by atoms with Crippen LogP contribution in [0.25, 0.3) is 0 Å². The summed E-state index contributed by atoms with van der Waals surface area (Å²) in [5.74, 6) is -0.735. The first-order valence-electron chi connectivity index (χ1n) is 7.68. The Kier molecular flexibility index (Phi) is 7.97. The van der Waals surface area contributed by atoms with Crippen molar-refractivity contribution in [3.63, 3.8) is 0 Å². The predicted octanol–water partition coefficient (Wildman–Crippen LogP) is 3.41. The number of hydrogen-bond acceptors (Lipinski definition) is 2. The molecule has 0 fully saturated rings. The summed E-state index contributed by atoms with van der Waals surface area (Å²) in [6.07, 6.45) is 5.43. The molecule has 0 aromatic heterocycles. The average molecular weight is 277 g/mol. The van der Waals surface area contributed by atoms with E-state index in [1.54, 1.807) is 0 Å². The zero-order chi connectivity index (χ0) is 14.8. The Morgan fingerprint density at radius 1 is 1.15 bits per heavy atom. The summed E-state index contributed by atoms with van der Waals surface area (Å²) in [6.45, 7) is 5.21. The molecule has 0 amide bonds. The van der Waals surface area contributed by atoms with Crippen LogP contribution in [0.15, 0.2) is 24.3 Å². The van der Waals surface area contributed by atoms with Crippen molar-refractivity contribution < 1.29 is 9.90 Å². The zero-order valence-corrected chi connectivity index (χ0v) is 12.7. The standard InChI is InChI=1S/C17H27NO2/c1-3-5-11-18-16(13-17(19)20)12-15-9-7-14(6-4-2)8-10-15/h7-10,16,18H,3-6,11-13H2,1-2H3,(H,19,20).